The minimum Gasteiger partial charge on any atom is -0.434 e. The van der Waals surface area contributed by atoms with Gasteiger partial charge in [-0.1, -0.05) is 18.2 Å². The average Bonchev–Trinajstić information content (AvgIpc) is 2.48. The van der Waals surface area contributed by atoms with Crippen LogP contribution < -0.4 is 20.7 Å². The van der Waals surface area contributed by atoms with Crippen molar-refractivity contribution in [2.24, 2.45) is 4.99 Å². The quantitative estimate of drug-likeness (QED) is 0.386. The molecule has 0 atom stereocenters. The fraction of sp³-hybridized carbons (Fsp3) is 0.588. The summed E-state index contributed by atoms with van der Waals surface area (Å²) in [6.07, 6.45) is 0. The zero-order chi connectivity index (χ0) is 18.0. The van der Waals surface area contributed by atoms with Crippen molar-refractivity contribution in [3.05, 3.63) is 29.8 Å². The van der Waals surface area contributed by atoms with Gasteiger partial charge < -0.3 is 20.7 Å². The predicted octanol–water partition coefficient (Wildman–Crippen LogP) is 2.73. The van der Waals surface area contributed by atoms with Crippen LogP contribution in [0.4, 0.5) is 8.78 Å². The monoisotopic (exact) mass is 342 g/mol. The number of benzene rings is 1. The van der Waals surface area contributed by atoms with Gasteiger partial charge in [-0.2, -0.15) is 8.78 Å². The van der Waals surface area contributed by atoms with Crippen LogP contribution in [0.3, 0.4) is 0 Å². The summed E-state index contributed by atoms with van der Waals surface area (Å²) in [6.45, 7) is 7.91. The molecule has 0 aliphatic heterocycles. The van der Waals surface area contributed by atoms with Crippen molar-refractivity contribution in [2.45, 2.75) is 46.4 Å². The van der Waals surface area contributed by atoms with Crippen molar-refractivity contribution < 1.29 is 13.5 Å². The van der Waals surface area contributed by atoms with Crippen molar-refractivity contribution >= 4 is 5.96 Å². The number of alkyl halides is 2. The van der Waals surface area contributed by atoms with Crippen LogP contribution >= 0.6 is 0 Å². The molecule has 0 aromatic heterocycles. The number of nitrogens with one attached hydrogen (secondary N) is 3. The van der Waals surface area contributed by atoms with E-state index in [-0.39, 0.29) is 17.8 Å². The molecule has 0 amide bonds. The van der Waals surface area contributed by atoms with E-state index in [1.54, 1.807) is 18.2 Å². The maximum atomic E-state index is 12.4. The first-order chi connectivity index (χ1) is 11.3. The second-order valence-electron chi connectivity index (χ2n) is 6.28. The van der Waals surface area contributed by atoms with Gasteiger partial charge in [-0.25, -0.2) is 4.99 Å². The number of halogens is 2. The Kier molecular flexibility index (Phi) is 8.46. The highest BCUT2D eigenvalue weighted by Gasteiger charge is 2.09. The van der Waals surface area contributed by atoms with Crippen LogP contribution in [-0.2, 0) is 6.54 Å². The normalized spacial score (nSPS) is 12.4. The van der Waals surface area contributed by atoms with Crippen molar-refractivity contribution in [1.29, 1.82) is 0 Å². The number of nitrogens with zero attached hydrogens (tertiary/aromatic N) is 1. The van der Waals surface area contributed by atoms with Gasteiger partial charge in [0.05, 0.1) is 6.54 Å². The second-order valence-corrected chi connectivity index (χ2v) is 6.28. The smallest absolute Gasteiger partial charge is 0.387 e. The number of aliphatic imine (C=N–C) groups is 1. The van der Waals surface area contributed by atoms with Crippen LogP contribution in [0.5, 0.6) is 5.75 Å². The van der Waals surface area contributed by atoms with Gasteiger partial charge in [-0.3, -0.25) is 0 Å². The largest absolute Gasteiger partial charge is 0.434 e. The maximum Gasteiger partial charge on any atom is 0.387 e. The number of ether oxygens (including phenoxy) is 1. The Morgan fingerprint density at radius 1 is 1.17 bits per heavy atom. The fourth-order valence-corrected chi connectivity index (χ4v) is 1.97. The molecule has 24 heavy (non-hydrogen) atoms. The lowest BCUT2D eigenvalue weighted by atomic mass is 10.1. The van der Waals surface area contributed by atoms with Gasteiger partial charge in [0.1, 0.15) is 5.75 Å². The molecular weight excluding hydrogens is 314 g/mol. The summed E-state index contributed by atoms with van der Waals surface area (Å²) >= 11 is 0. The minimum atomic E-state index is -2.84. The Labute approximate surface area is 142 Å². The summed E-state index contributed by atoms with van der Waals surface area (Å²) in [5.74, 6) is 0.793. The molecular formula is C17H28F2N4O. The molecule has 5 nitrogen and oxygen atoms in total. The van der Waals surface area contributed by atoms with Crippen LogP contribution in [0.1, 0.15) is 33.3 Å². The number of para-hydroxylation sites is 1. The molecule has 1 aromatic carbocycles. The number of hydrogen-bond donors (Lipinski definition) is 3. The molecule has 0 aliphatic carbocycles. The van der Waals surface area contributed by atoms with Crippen LogP contribution in [-0.4, -0.2) is 37.7 Å². The summed E-state index contributed by atoms with van der Waals surface area (Å²) in [5, 5.41) is 9.72. The Balaban J connectivity index is 2.62. The zero-order valence-corrected chi connectivity index (χ0v) is 14.8. The average molecular weight is 342 g/mol. The number of rotatable bonds is 8. The number of guanidine groups is 1. The SMILES string of the molecule is CCNC(=NCc1ccccc1OC(F)F)NCCNC(C)(C)C. The van der Waals surface area contributed by atoms with Gasteiger partial charge in [0, 0.05) is 30.7 Å². The van der Waals surface area contributed by atoms with E-state index in [9.17, 15) is 8.78 Å². The van der Waals surface area contributed by atoms with Crippen LogP contribution in [0.2, 0.25) is 0 Å². The lowest BCUT2D eigenvalue weighted by molar-refractivity contribution is -0.0504. The highest BCUT2D eigenvalue weighted by Crippen LogP contribution is 2.20. The van der Waals surface area contributed by atoms with E-state index in [4.69, 9.17) is 0 Å². The fourth-order valence-electron chi connectivity index (χ4n) is 1.97. The molecule has 3 N–H and O–H groups in total. The van der Waals surface area contributed by atoms with Crippen molar-refractivity contribution in [1.82, 2.24) is 16.0 Å². The molecule has 1 rings (SSSR count). The molecule has 0 bridgehead atoms. The lowest BCUT2D eigenvalue weighted by Gasteiger charge is -2.21. The van der Waals surface area contributed by atoms with Crippen molar-refractivity contribution in [3.8, 4) is 5.75 Å². The molecule has 0 radical (unpaired) electrons. The Morgan fingerprint density at radius 2 is 1.88 bits per heavy atom. The molecule has 0 heterocycles. The molecule has 0 saturated carbocycles. The van der Waals surface area contributed by atoms with Crippen molar-refractivity contribution in [2.75, 3.05) is 19.6 Å². The van der Waals surface area contributed by atoms with E-state index < -0.39 is 6.61 Å². The second kappa shape index (κ2) is 10.1. The Hall–Kier alpha value is -1.89. The first-order valence-corrected chi connectivity index (χ1v) is 8.11. The third kappa shape index (κ3) is 8.67. The van der Waals surface area contributed by atoms with Crippen LogP contribution in [0.25, 0.3) is 0 Å². The predicted molar refractivity (Wildman–Crippen MR) is 93.6 cm³/mol. The molecule has 0 spiro atoms. The third-order valence-corrected chi connectivity index (χ3v) is 3.01. The summed E-state index contributed by atoms with van der Waals surface area (Å²) in [6, 6.07) is 6.68. The standard InChI is InChI=1S/C17H28F2N4O/c1-5-20-16(21-10-11-23-17(2,3)4)22-12-13-8-6-7-9-14(13)24-15(18)19/h6-9,15,23H,5,10-12H2,1-4H3,(H2,20,21,22). The zero-order valence-electron chi connectivity index (χ0n) is 14.8. The molecule has 1 aromatic rings. The Morgan fingerprint density at radius 3 is 2.50 bits per heavy atom. The topological polar surface area (TPSA) is 57.7 Å². The van der Waals surface area contributed by atoms with Gasteiger partial charge in [0.25, 0.3) is 0 Å². The van der Waals surface area contributed by atoms with E-state index in [1.807, 2.05) is 6.92 Å². The molecule has 0 aliphatic rings. The van der Waals surface area contributed by atoms with E-state index in [0.717, 1.165) is 6.54 Å². The van der Waals surface area contributed by atoms with E-state index in [2.05, 4.69) is 46.5 Å². The lowest BCUT2D eigenvalue weighted by Crippen LogP contribution is -2.44. The van der Waals surface area contributed by atoms with Gasteiger partial charge in [-0.05, 0) is 33.8 Å². The van der Waals surface area contributed by atoms with Gasteiger partial charge in [0.2, 0.25) is 0 Å². The summed E-state index contributed by atoms with van der Waals surface area (Å²) in [7, 11) is 0. The highest BCUT2D eigenvalue weighted by atomic mass is 19.3. The molecule has 0 fully saturated rings. The third-order valence-electron chi connectivity index (χ3n) is 3.01. The molecule has 0 unspecified atom stereocenters. The maximum absolute atomic E-state index is 12.4. The summed E-state index contributed by atoms with van der Waals surface area (Å²) in [5.41, 5.74) is 0.672. The Bertz CT molecular complexity index is 516. The summed E-state index contributed by atoms with van der Waals surface area (Å²) in [4.78, 5) is 4.43. The van der Waals surface area contributed by atoms with Gasteiger partial charge in [0.15, 0.2) is 5.96 Å². The first kappa shape index (κ1) is 20.2. The van der Waals surface area contributed by atoms with Gasteiger partial charge in [-0.15, -0.1) is 0 Å². The molecule has 7 heteroatoms. The van der Waals surface area contributed by atoms with E-state index >= 15 is 0 Å². The van der Waals surface area contributed by atoms with E-state index in [1.165, 1.54) is 6.07 Å². The summed E-state index contributed by atoms with van der Waals surface area (Å²) < 4.78 is 29.4. The molecule has 136 valence electrons. The molecule has 0 saturated heterocycles. The number of hydrogen-bond acceptors (Lipinski definition) is 3. The highest BCUT2D eigenvalue weighted by molar-refractivity contribution is 5.79. The van der Waals surface area contributed by atoms with Crippen molar-refractivity contribution in [3.63, 3.8) is 0 Å². The van der Waals surface area contributed by atoms with Crippen LogP contribution in [0.15, 0.2) is 29.3 Å². The van der Waals surface area contributed by atoms with Gasteiger partial charge >= 0.3 is 6.61 Å². The van der Waals surface area contributed by atoms with Crippen LogP contribution in [0, 0.1) is 0 Å². The van der Waals surface area contributed by atoms with E-state index in [0.29, 0.717) is 24.6 Å². The minimum absolute atomic E-state index is 0.0583. The first-order valence-electron chi connectivity index (χ1n) is 8.11.